The summed E-state index contributed by atoms with van der Waals surface area (Å²) in [6, 6.07) is -0.108. The van der Waals surface area contributed by atoms with Gasteiger partial charge in [-0.1, -0.05) is 0 Å². The number of sulfonamides is 1. The largest absolute Gasteiger partial charge is 0.353 e. The molecule has 1 heterocycles. The molecule has 3 N–H and O–H groups in total. The first-order chi connectivity index (χ1) is 6.99. The van der Waals surface area contributed by atoms with Gasteiger partial charge in [-0.3, -0.25) is 4.79 Å². The standard InChI is InChI=1S/C8H17N3O3S/c1-15(13,14)11-6-5-10-8(12)7-3-2-4-9-7/h7,9,11H,2-6H2,1H3,(H,10,12)/t7-/m0/s1. The second-order valence-corrected chi connectivity index (χ2v) is 5.44. The van der Waals surface area contributed by atoms with E-state index in [1.807, 2.05) is 0 Å². The molecule has 0 bridgehead atoms. The van der Waals surface area contributed by atoms with E-state index in [0.717, 1.165) is 25.6 Å². The van der Waals surface area contributed by atoms with Crippen LogP contribution >= 0.6 is 0 Å². The van der Waals surface area contributed by atoms with Gasteiger partial charge in [0.15, 0.2) is 0 Å². The van der Waals surface area contributed by atoms with Crippen molar-refractivity contribution in [3.8, 4) is 0 Å². The Bertz CT molecular complexity index is 309. The molecule has 1 rings (SSSR count). The molecule has 15 heavy (non-hydrogen) atoms. The van der Waals surface area contributed by atoms with Crippen molar-refractivity contribution in [2.24, 2.45) is 0 Å². The van der Waals surface area contributed by atoms with Gasteiger partial charge in [-0.2, -0.15) is 0 Å². The van der Waals surface area contributed by atoms with Gasteiger partial charge in [-0.25, -0.2) is 13.1 Å². The lowest BCUT2D eigenvalue weighted by molar-refractivity contribution is -0.122. The highest BCUT2D eigenvalue weighted by molar-refractivity contribution is 7.88. The molecule has 0 unspecified atom stereocenters. The van der Waals surface area contributed by atoms with Crippen molar-refractivity contribution >= 4 is 15.9 Å². The minimum absolute atomic E-state index is 0.0530. The van der Waals surface area contributed by atoms with Gasteiger partial charge >= 0.3 is 0 Å². The highest BCUT2D eigenvalue weighted by Gasteiger charge is 2.21. The minimum atomic E-state index is -3.16. The Labute approximate surface area is 89.9 Å². The average molecular weight is 235 g/mol. The molecule has 0 spiro atoms. The predicted octanol–water partition coefficient (Wildman–Crippen LogP) is -1.60. The molecule has 7 heteroatoms. The van der Waals surface area contributed by atoms with Crippen LogP contribution in [0.3, 0.4) is 0 Å². The molecule has 0 radical (unpaired) electrons. The van der Waals surface area contributed by atoms with Crippen molar-refractivity contribution in [3.63, 3.8) is 0 Å². The fourth-order valence-electron chi connectivity index (χ4n) is 1.45. The molecule has 0 aromatic heterocycles. The molecular weight excluding hydrogens is 218 g/mol. The van der Waals surface area contributed by atoms with Crippen LogP contribution in [0.5, 0.6) is 0 Å². The molecule has 6 nitrogen and oxygen atoms in total. The lowest BCUT2D eigenvalue weighted by atomic mass is 10.2. The third-order valence-electron chi connectivity index (χ3n) is 2.17. The quantitative estimate of drug-likeness (QED) is 0.501. The van der Waals surface area contributed by atoms with Crippen LogP contribution in [0.2, 0.25) is 0 Å². The Morgan fingerprint density at radius 1 is 1.47 bits per heavy atom. The number of carbonyl (C=O) groups excluding carboxylic acids is 1. The predicted molar refractivity (Wildman–Crippen MR) is 56.9 cm³/mol. The Morgan fingerprint density at radius 2 is 2.20 bits per heavy atom. The number of hydrogen-bond acceptors (Lipinski definition) is 4. The summed E-state index contributed by atoms with van der Waals surface area (Å²) < 4.78 is 23.7. The fourth-order valence-corrected chi connectivity index (χ4v) is 1.93. The van der Waals surface area contributed by atoms with E-state index in [4.69, 9.17) is 0 Å². The first-order valence-electron chi connectivity index (χ1n) is 4.95. The number of nitrogens with one attached hydrogen (secondary N) is 3. The smallest absolute Gasteiger partial charge is 0.237 e. The highest BCUT2D eigenvalue weighted by atomic mass is 32.2. The Morgan fingerprint density at radius 3 is 2.73 bits per heavy atom. The van der Waals surface area contributed by atoms with Gasteiger partial charge in [0.1, 0.15) is 0 Å². The van der Waals surface area contributed by atoms with Gasteiger partial charge in [-0.15, -0.1) is 0 Å². The van der Waals surface area contributed by atoms with Gasteiger partial charge in [0.2, 0.25) is 15.9 Å². The molecular formula is C8H17N3O3S. The van der Waals surface area contributed by atoms with E-state index in [-0.39, 0.29) is 18.5 Å². The summed E-state index contributed by atoms with van der Waals surface area (Å²) in [7, 11) is -3.16. The van der Waals surface area contributed by atoms with Crippen LogP contribution in [0, 0.1) is 0 Å². The number of rotatable bonds is 5. The van der Waals surface area contributed by atoms with Crippen LogP contribution in [0.15, 0.2) is 0 Å². The van der Waals surface area contributed by atoms with Crippen molar-refractivity contribution in [2.45, 2.75) is 18.9 Å². The Kier molecular flexibility index (Phi) is 4.49. The second-order valence-electron chi connectivity index (χ2n) is 3.61. The summed E-state index contributed by atoms with van der Waals surface area (Å²) in [5.74, 6) is -0.0530. The third kappa shape index (κ3) is 5.10. The molecule has 1 saturated heterocycles. The van der Waals surface area contributed by atoms with Gasteiger partial charge < -0.3 is 10.6 Å². The van der Waals surface area contributed by atoms with Gasteiger partial charge in [0, 0.05) is 13.1 Å². The summed E-state index contributed by atoms with van der Waals surface area (Å²) in [4.78, 5) is 11.4. The monoisotopic (exact) mass is 235 g/mol. The van der Waals surface area contributed by atoms with Crippen LogP contribution in [0.1, 0.15) is 12.8 Å². The van der Waals surface area contributed by atoms with E-state index >= 15 is 0 Å². The molecule has 1 aliphatic heterocycles. The summed E-state index contributed by atoms with van der Waals surface area (Å²) in [5.41, 5.74) is 0. The van der Waals surface area contributed by atoms with E-state index in [0.29, 0.717) is 6.54 Å². The van der Waals surface area contributed by atoms with Crippen LogP contribution < -0.4 is 15.4 Å². The SMILES string of the molecule is CS(=O)(=O)NCCNC(=O)[C@@H]1CCCN1. The van der Waals surface area contributed by atoms with Gasteiger partial charge in [0.05, 0.1) is 12.3 Å². The first-order valence-corrected chi connectivity index (χ1v) is 6.84. The number of amides is 1. The molecule has 0 aliphatic carbocycles. The van der Waals surface area contributed by atoms with Crippen LogP contribution in [0.25, 0.3) is 0 Å². The van der Waals surface area contributed by atoms with Crippen LogP contribution in [-0.2, 0) is 14.8 Å². The van der Waals surface area contributed by atoms with Crippen LogP contribution in [-0.4, -0.2) is 46.3 Å². The summed E-state index contributed by atoms with van der Waals surface area (Å²) in [6.07, 6.45) is 2.96. The normalized spacial score (nSPS) is 21.5. The maximum Gasteiger partial charge on any atom is 0.237 e. The summed E-state index contributed by atoms with van der Waals surface area (Å²) in [6.45, 7) is 1.43. The lowest BCUT2D eigenvalue weighted by Crippen LogP contribution is -2.43. The summed E-state index contributed by atoms with van der Waals surface area (Å²) in [5, 5.41) is 5.73. The molecule has 88 valence electrons. The molecule has 1 atom stereocenters. The average Bonchev–Trinajstić information content (AvgIpc) is 2.63. The van der Waals surface area contributed by atoms with Crippen LogP contribution in [0.4, 0.5) is 0 Å². The Balaban J connectivity index is 2.12. The van der Waals surface area contributed by atoms with E-state index < -0.39 is 10.0 Å². The first kappa shape index (κ1) is 12.4. The topological polar surface area (TPSA) is 87.3 Å². The number of carbonyl (C=O) groups is 1. The maximum atomic E-state index is 11.4. The van der Waals surface area contributed by atoms with E-state index in [1.54, 1.807) is 0 Å². The molecule has 0 saturated carbocycles. The molecule has 1 aliphatic rings. The maximum absolute atomic E-state index is 11.4. The zero-order valence-electron chi connectivity index (χ0n) is 8.75. The third-order valence-corrected chi connectivity index (χ3v) is 2.89. The molecule has 0 aromatic carbocycles. The molecule has 1 fully saturated rings. The van der Waals surface area contributed by atoms with Crippen molar-refractivity contribution in [2.75, 3.05) is 25.9 Å². The number of hydrogen-bond donors (Lipinski definition) is 3. The van der Waals surface area contributed by atoms with Crippen molar-refractivity contribution in [1.29, 1.82) is 0 Å². The van der Waals surface area contributed by atoms with Crippen molar-refractivity contribution < 1.29 is 13.2 Å². The zero-order valence-corrected chi connectivity index (χ0v) is 9.56. The van der Waals surface area contributed by atoms with E-state index in [1.165, 1.54) is 0 Å². The second kappa shape index (κ2) is 5.43. The van der Waals surface area contributed by atoms with E-state index in [2.05, 4.69) is 15.4 Å². The Hall–Kier alpha value is -0.660. The van der Waals surface area contributed by atoms with Crippen molar-refractivity contribution in [3.05, 3.63) is 0 Å². The van der Waals surface area contributed by atoms with Gasteiger partial charge in [-0.05, 0) is 19.4 Å². The van der Waals surface area contributed by atoms with Gasteiger partial charge in [0.25, 0.3) is 0 Å². The zero-order chi connectivity index (χ0) is 11.3. The highest BCUT2D eigenvalue weighted by Crippen LogP contribution is 2.03. The summed E-state index contributed by atoms with van der Waals surface area (Å²) >= 11 is 0. The van der Waals surface area contributed by atoms with E-state index in [9.17, 15) is 13.2 Å². The van der Waals surface area contributed by atoms with Crippen molar-refractivity contribution in [1.82, 2.24) is 15.4 Å². The molecule has 0 aromatic rings. The fraction of sp³-hybridized carbons (Fsp3) is 0.875. The minimum Gasteiger partial charge on any atom is -0.353 e. The lowest BCUT2D eigenvalue weighted by Gasteiger charge is -2.10. The molecule has 1 amide bonds.